The van der Waals surface area contributed by atoms with Gasteiger partial charge in [-0.15, -0.1) is 0 Å². The number of hydrogen-bond acceptors (Lipinski definition) is 14. The number of esters is 2. The molecule has 16 nitrogen and oxygen atoms in total. The molecule has 2 fully saturated rings. The number of aromatic nitrogens is 1. The number of amides is 1. The third kappa shape index (κ3) is 11.3. The minimum Gasteiger partial charge on any atom is -0.504 e. The van der Waals surface area contributed by atoms with E-state index in [4.69, 9.17) is 23.7 Å². The molecule has 1 amide bonds. The van der Waals surface area contributed by atoms with Crippen LogP contribution in [-0.2, 0) is 49.7 Å². The monoisotopic (exact) mass is 708 g/mol. The largest absolute Gasteiger partial charge is 0.504 e. The number of nitrogens with one attached hydrogen (secondary N) is 1. The number of nitrogens with zero attached hydrogens (tertiary/aromatic N) is 3. The molecule has 2 aromatic rings. The number of fused-ring (bicyclic) bond motifs is 1. The number of phenolic OH excluding ortho intramolecular Hbond substituents is 2. The van der Waals surface area contributed by atoms with Crippen molar-refractivity contribution in [2.45, 2.75) is 50.1 Å². The van der Waals surface area contributed by atoms with Crippen molar-refractivity contribution in [3.8, 4) is 11.5 Å². The van der Waals surface area contributed by atoms with E-state index in [0.717, 1.165) is 28.2 Å². The van der Waals surface area contributed by atoms with E-state index < -0.39 is 71.2 Å². The minimum absolute atomic E-state index is 0.0230. The van der Waals surface area contributed by atoms with Gasteiger partial charge in [0.1, 0.15) is 12.2 Å². The second kappa shape index (κ2) is 17.6. The average Bonchev–Trinajstić information content (AvgIpc) is 3.68. The van der Waals surface area contributed by atoms with Crippen molar-refractivity contribution in [1.29, 1.82) is 0 Å². The molecule has 17 heteroatoms. The van der Waals surface area contributed by atoms with E-state index >= 15 is 0 Å². The molecule has 2 aliphatic heterocycles. The van der Waals surface area contributed by atoms with Crippen LogP contribution in [0.25, 0.3) is 0 Å². The van der Waals surface area contributed by atoms with Gasteiger partial charge in [0.05, 0.1) is 43.7 Å². The third-order valence-electron chi connectivity index (χ3n) is 7.80. The zero-order chi connectivity index (χ0) is 35.6. The zero-order valence-corrected chi connectivity index (χ0v) is 28.5. The van der Waals surface area contributed by atoms with Crippen LogP contribution in [0.5, 0.6) is 11.5 Å². The van der Waals surface area contributed by atoms with Crippen LogP contribution in [0.15, 0.2) is 47.5 Å². The van der Waals surface area contributed by atoms with E-state index in [2.05, 4.69) is 10.3 Å². The van der Waals surface area contributed by atoms with Gasteiger partial charge in [-0.2, -0.15) is 4.31 Å². The van der Waals surface area contributed by atoms with Gasteiger partial charge >= 0.3 is 18.0 Å². The van der Waals surface area contributed by atoms with Gasteiger partial charge in [-0.25, -0.2) is 18.0 Å². The van der Waals surface area contributed by atoms with E-state index in [0.29, 0.717) is 26.0 Å². The molecule has 0 unspecified atom stereocenters. The molecule has 3 heterocycles. The summed E-state index contributed by atoms with van der Waals surface area (Å²) < 4.78 is 55.5. The number of rotatable bonds is 17. The molecule has 49 heavy (non-hydrogen) atoms. The molecular formula is C32H44N4O12S. The first-order chi connectivity index (χ1) is 23.3. The summed E-state index contributed by atoms with van der Waals surface area (Å²) in [7, 11) is -2.58. The third-order valence-corrected chi connectivity index (χ3v) is 9.63. The number of benzene rings is 1. The Labute approximate surface area is 285 Å². The molecule has 1 aromatic carbocycles. The molecule has 0 bridgehead atoms. The summed E-state index contributed by atoms with van der Waals surface area (Å²) in [6, 6.07) is 8.63. The van der Waals surface area contributed by atoms with Crippen molar-refractivity contribution in [1.82, 2.24) is 19.5 Å². The summed E-state index contributed by atoms with van der Waals surface area (Å²) >= 11 is 0. The summed E-state index contributed by atoms with van der Waals surface area (Å²) in [6.45, 7) is 3.08. The molecule has 1 aromatic heterocycles. The summed E-state index contributed by atoms with van der Waals surface area (Å²) in [4.78, 5) is 43.7. The van der Waals surface area contributed by atoms with Crippen molar-refractivity contribution in [3.05, 3.63) is 48.3 Å². The molecule has 0 spiro atoms. The Morgan fingerprint density at radius 1 is 1.08 bits per heavy atom. The molecule has 2 saturated heterocycles. The maximum absolute atomic E-state index is 13.7. The van der Waals surface area contributed by atoms with Crippen LogP contribution in [0.1, 0.15) is 26.0 Å². The van der Waals surface area contributed by atoms with Crippen molar-refractivity contribution < 1.29 is 56.7 Å². The molecular weight excluding hydrogens is 664 g/mol. The molecule has 0 aliphatic carbocycles. The number of hydrogen-bond donors (Lipinski definition) is 3. The Balaban J connectivity index is 1.39. The first-order valence-electron chi connectivity index (χ1n) is 15.9. The number of carbonyl (C=O) groups excluding carboxylic acids is 3. The van der Waals surface area contributed by atoms with E-state index in [9.17, 15) is 33.0 Å². The Bertz CT molecular complexity index is 1530. The van der Waals surface area contributed by atoms with Gasteiger partial charge in [0.25, 0.3) is 0 Å². The second-order valence-corrected chi connectivity index (χ2v) is 14.2. The summed E-state index contributed by atoms with van der Waals surface area (Å²) in [5.41, 5.74) is 0.860. The highest BCUT2D eigenvalue weighted by Crippen LogP contribution is 2.33. The van der Waals surface area contributed by atoms with E-state index in [1.807, 2.05) is 18.2 Å². The average molecular weight is 709 g/mol. The topological polar surface area (TPSA) is 203 Å². The zero-order valence-electron chi connectivity index (χ0n) is 27.7. The smallest absolute Gasteiger partial charge is 0.407 e. The summed E-state index contributed by atoms with van der Waals surface area (Å²) in [6.07, 6.45) is -0.117. The highest BCUT2D eigenvalue weighted by atomic mass is 32.2. The van der Waals surface area contributed by atoms with E-state index in [1.165, 1.54) is 0 Å². The van der Waals surface area contributed by atoms with Gasteiger partial charge in [-0.1, -0.05) is 19.9 Å². The van der Waals surface area contributed by atoms with Crippen LogP contribution in [0, 0.1) is 11.8 Å². The number of alkyl carbamates (subject to hydrolysis) is 1. The number of ether oxygens (including phenoxy) is 5. The van der Waals surface area contributed by atoms with Gasteiger partial charge in [0.2, 0.25) is 10.0 Å². The fourth-order valence-electron chi connectivity index (χ4n) is 5.34. The molecule has 4 rings (SSSR count). The second-order valence-electron chi connectivity index (χ2n) is 12.3. The van der Waals surface area contributed by atoms with Crippen molar-refractivity contribution in [2.24, 2.45) is 11.8 Å². The summed E-state index contributed by atoms with van der Waals surface area (Å²) in [5.74, 6) is -3.08. The summed E-state index contributed by atoms with van der Waals surface area (Å²) in [5, 5.41) is 22.2. The fraction of sp³-hybridized carbons (Fsp3) is 0.562. The van der Waals surface area contributed by atoms with Crippen molar-refractivity contribution in [2.75, 3.05) is 59.6 Å². The van der Waals surface area contributed by atoms with Crippen LogP contribution in [0.2, 0.25) is 0 Å². The molecule has 4 atom stereocenters. The Hall–Kier alpha value is -4.03. The SMILES string of the molecule is CC(C)CN(C[C@H](CNC(=O)O[C@H]1CO[C@H]2OCC[C@H]21)OC(=O)COC(=O)CN(C)CCc1ccccn1)S(=O)(=O)c1ccc(O)c(O)c1. The minimum atomic E-state index is -4.30. The Morgan fingerprint density at radius 2 is 1.88 bits per heavy atom. The van der Waals surface area contributed by atoms with Gasteiger partial charge in [-0.05, 0) is 43.7 Å². The van der Waals surface area contributed by atoms with Crippen LogP contribution in [-0.4, -0.2) is 129 Å². The molecule has 3 N–H and O–H groups in total. The number of aromatic hydroxyl groups is 2. The molecule has 0 radical (unpaired) electrons. The van der Waals surface area contributed by atoms with E-state index in [-0.39, 0.29) is 43.0 Å². The van der Waals surface area contributed by atoms with Gasteiger partial charge in [-0.3, -0.25) is 14.7 Å². The predicted octanol–water partition coefficient (Wildman–Crippen LogP) is 1.26. The first kappa shape index (κ1) is 37.8. The van der Waals surface area contributed by atoms with Crippen LogP contribution in [0.4, 0.5) is 4.79 Å². The Kier molecular flexibility index (Phi) is 13.6. The van der Waals surface area contributed by atoms with Gasteiger partial charge in [0.15, 0.2) is 24.4 Å². The predicted molar refractivity (Wildman–Crippen MR) is 172 cm³/mol. The lowest BCUT2D eigenvalue weighted by molar-refractivity contribution is -0.162. The number of phenols is 2. The molecule has 270 valence electrons. The van der Waals surface area contributed by atoms with Crippen LogP contribution in [0.3, 0.4) is 0 Å². The maximum atomic E-state index is 13.7. The van der Waals surface area contributed by atoms with Crippen molar-refractivity contribution >= 4 is 28.1 Å². The first-order valence-corrected chi connectivity index (χ1v) is 17.4. The highest BCUT2D eigenvalue weighted by molar-refractivity contribution is 7.89. The van der Waals surface area contributed by atoms with Crippen molar-refractivity contribution in [3.63, 3.8) is 0 Å². The molecule has 0 saturated carbocycles. The lowest BCUT2D eigenvalue weighted by atomic mass is 10.0. The maximum Gasteiger partial charge on any atom is 0.407 e. The quantitative estimate of drug-likeness (QED) is 0.120. The fourth-order valence-corrected chi connectivity index (χ4v) is 7.00. The molecule has 2 aliphatic rings. The standard InChI is InChI=1S/C32H44N4O12S/c1-21(2)16-36(49(42,43)24-7-8-26(37)27(38)14-24)17-23(15-34-32(41)48-28-19-46-31-25(28)10-13-44-31)47-30(40)20-45-29(39)18-35(3)12-9-22-6-4-5-11-33-22/h4-8,11,14,21,23,25,28,31,37-38H,9-10,12-13,15-20H2,1-3H3,(H,34,41)/t23-,25-,28-,31+/m0/s1. The van der Waals surface area contributed by atoms with Gasteiger partial charge < -0.3 is 39.2 Å². The van der Waals surface area contributed by atoms with Gasteiger partial charge in [0, 0.05) is 37.5 Å². The van der Waals surface area contributed by atoms with E-state index in [1.54, 1.807) is 32.0 Å². The Morgan fingerprint density at radius 3 is 2.59 bits per heavy atom. The number of sulfonamides is 1. The highest BCUT2D eigenvalue weighted by Gasteiger charge is 2.44. The lowest BCUT2D eigenvalue weighted by Crippen LogP contribution is -2.46. The van der Waals surface area contributed by atoms with Crippen LogP contribution >= 0.6 is 0 Å². The van der Waals surface area contributed by atoms with Crippen LogP contribution < -0.4 is 5.32 Å². The normalized spacial score (nSPS) is 19.5. The number of pyridine rings is 1. The lowest BCUT2D eigenvalue weighted by Gasteiger charge is -2.28. The number of likely N-dealkylation sites (N-methyl/N-ethyl adjacent to an activating group) is 1. The number of carbonyl (C=O) groups is 3.